The Morgan fingerprint density at radius 1 is 1.15 bits per heavy atom. The number of ether oxygens (including phenoxy) is 1. The van der Waals surface area contributed by atoms with Crippen LogP contribution in [0, 0.1) is 0 Å². The molecule has 1 aromatic carbocycles. The fraction of sp³-hybridized carbons (Fsp3) is 0.609. The highest BCUT2D eigenvalue weighted by molar-refractivity contribution is 7.89. The third-order valence-corrected chi connectivity index (χ3v) is 8.35. The summed E-state index contributed by atoms with van der Waals surface area (Å²) in [4.78, 5) is 20.0. The lowest BCUT2D eigenvalue weighted by Crippen LogP contribution is -2.54. The summed E-state index contributed by atoms with van der Waals surface area (Å²) in [6, 6.07) is 4.06. The van der Waals surface area contributed by atoms with E-state index >= 15 is 0 Å². The Morgan fingerprint density at radius 2 is 1.88 bits per heavy atom. The van der Waals surface area contributed by atoms with E-state index in [-0.39, 0.29) is 22.7 Å². The monoisotopic (exact) mass is 490 g/mol. The summed E-state index contributed by atoms with van der Waals surface area (Å²) in [5.41, 5.74) is 0.442. The van der Waals surface area contributed by atoms with Crippen molar-refractivity contribution in [2.45, 2.75) is 57.5 Å². The number of likely N-dealkylation sites (N-methyl/N-ethyl adjacent to an activating group) is 1. The normalized spacial score (nSPS) is 23.9. The van der Waals surface area contributed by atoms with Gasteiger partial charge in [-0.25, -0.2) is 13.4 Å². The average Bonchev–Trinajstić information content (AvgIpc) is 3.15. The second-order valence-corrected chi connectivity index (χ2v) is 10.6. The van der Waals surface area contributed by atoms with Crippen LogP contribution in [0.1, 0.15) is 46.1 Å². The van der Waals surface area contributed by atoms with E-state index in [1.165, 1.54) is 4.31 Å². The number of hydrogen-bond donors (Lipinski definition) is 1. The Bertz CT molecular complexity index is 1090. The van der Waals surface area contributed by atoms with Crippen LogP contribution in [0.4, 0.5) is 0 Å². The number of benzene rings is 1. The maximum Gasteiger partial charge on any atom is 0.252 e. The second-order valence-electron chi connectivity index (χ2n) is 8.69. The summed E-state index contributed by atoms with van der Waals surface area (Å²) in [7, 11) is -3.70. The molecule has 0 bridgehead atoms. The number of nitrogens with one attached hydrogen (secondary N) is 1. The standard InChI is InChI=1S/C23H34N6O4S/c1-5-8-20-24-16(4)21-23(30)25-22(26-29(20)21)18-15-17(9-10-19(18)33-7-3)34(31,32)28-13-11-27(6-2)12-14-28/h9-10,15-16,21H,5-8,11-14H2,1-4H3,(H,25,26,30). The molecule has 0 radical (unpaired) electrons. The summed E-state index contributed by atoms with van der Waals surface area (Å²) in [6.07, 6.45) is 1.59. The van der Waals surface area contributed by atoms with Crippen molar-refractivity contribution >= 4 is 27.6 Å². The van der Waals surface area contributed by atoms with Crippen molar-refractivity contribution in [1.29, 1.82) is 0 Å². The van der Waals surface area contributed by atoms with Crippen molar-refractivity contribution in [2.75, 3.05) is 39.3 Å². The number of piperazine rings is 1. The van der Waals surface area contributed by atoms with Gasteiger partial charge in [0.1, 0.15) is 11.6 Å². The van der Waals surface area contributed by atoms with E-state index < -0.39 is 16.1 Å². The highest BCUT2D eigenvalue weighted by Gasteiger charge is 2.42. The van der Waals surface area contributed by atoms with Crippen molar-refractivity contribution in [3.8, 4) is 5.75 Å². The SMILES string of the molecule is CCCC1=NC(C)C2C(=O)NC(c3cc(S(=O)(=O)N4CCN(CC)CC4)ccc3OCC)=NN12. The number of nitrogens with zero attached hydrogens (tertiary/aromatic N) is 5. The van der Waals surface area contributed by atoms with E-state index in [1.54, 1.807) is 23.2 Å². The van der Waals surface area contributed by atoms with Gasteiger partial charge < -0.3 is 15.0 Å². The summed E-state index contributed by atoms with van der Waals surface area (Å²) in [5, 5.41) is 9.26. The molecule has 0 aromatic heterocycles. The minimum atomic E-state index is -3.70. The molecule has 0 aliphatic carbocycles. The van der Waals surface area contributed by atoms with E-state index in [0.717, 1.165) is 18.8 Å². The first-order chi connectivity index (χ1) is 16.3. The fourth-order valence-electron chi connectivity index (χ4n) is 4.60. The lowest BCUT2D eigenvalue weighted by molar-refractivity contribution is -0.124. The first kappa shape index (κ1) is 24.6. The Labute approximate surface area is 201 Å². The number of carbonyl (C=O) groups excluding carboxylic acids is 1. The predicted molar refractivity (Wildman–Crippen MR) is 131 cm³/mol. The van der Waals surface area contributed by atoms with E-state index in [4.69, 9.17) is 9.84 Å². The molecule has 1 aromatic rings. The molecule has 186 valence electrons. The number of rotatable bonds is 8. The van der Waals surface area contributed by atoms with Crippen molar-refractivity contribution < 1.29 is 17.9 Å². The van der Waals surface area contributed by atoms with Gasteiger partial charge in [-0.1, -0.05) is 13.8 Å². The van der Waals surface area contributed by atoms with E-state index in [9.17, 15) is 13.2 Å². The molecule has 1 N–H and O–H groups in total. The Kier molecular flexibility index (Phi) is 7.25. The molecule has 10 nitrogen and oxygen atoms in total. The summed E-state index contributed by atoms with van der Waals surface area (Å²) in [5.74, 6) is 1.30. The van der Waals surface area contributed by atoms with Crippen molar-refractivity contribution in [3.05, 3.63) is 23.8 Å². The summed E-state index contributed by atoms with van der Waals surface area (Å²) in [6.45, 7) is 11.5. The molecule has 1 amide bonds. The topological polar surface area (TPSA) is 107 Å². The number of sulfonamides is 1. The first-order valence-corrected chi connectivity index (χ1v) is 13.5. The number of hydrazone groups is 1. The molecule has 3 heterocycles. The molecule has 2 atom stereocenters. The zero-order valence-electron chi connectivity index (χ0n) is 20.3. The van der Waals surface area contributed by atoms with Crippen LogP contribution in [0.15, 0.2) is 33.2 Å². The third kappa shape index (κ3) is 4.56. The minimum Gasteiger partial charge on any atom is -0.493 e. The number of carbonyl (C=O) groups is 1. The van der Waals surface area contributed by atoms with Crippen LogP contribution in [-0.2, 0) is 14.8 Å². The lowest BCUT2D eigenvalue weighted by Gasteiger charge is -2.33. The third-order valence-electron chi connectivity index (χ3n) is 6.45. The number of amides is 1. The fourth-order valence-corrected chi connectivity index (χ4v) is 6.05. The molecule has 11 heteroatoms. The van der Waals surface area contributed by atoms with Gasteiger partial charge in [-0.3, -0.25) is 9.79 Å². The predicted octanol–water partition coefficient (Wildman–Crippen LogP) is 1.47. The first-order valence-electron chi connectivity index (χ1n) is 12.0. The molecule has 1 fully saturated rings. The number of aliphatic imine (C=N–C) groups is 1. The molecule has 1 saturated heterocycles. The van der Waals surface area contributed by atoms with E-state index in [0.29, 0.717) is 50.5 Å². The van der Waals surface area contributed by atoms with Crippen LogP contribution in [0.2, 0.25) is 0 Å². The highest BCUT2D eigenvalue weighted by Crippen LogP contribution is 2.29. The van der Waals surface area contributed by atoms with Gasteiger partial charge in [-0.2, -0.15) is 9.41 Å². The molecular weight excluding hydrogens is 456 g/mol. The maximum atomic E-state index is 13.4. The zero-order chi connectivity index (χ0) is 24.5. The van der Waals surface area contributed by atoms with E-state index in [2.05, 4.69) is 29.1 Å². The van der Waals surface area contributed by atoms with Crippen LogP contribution in [-0.4, -0.2) is 91.6 Å². The van der Waals surface area contributed by atoms with Crippen LogP contribution in [0.3, 0.4) is 0 Å². The summed E-state index contributed by atoms with van der Waals surface area (Å²) < 4.78 is 34.1. The Hall–Kier alpha value is -2.50. The molecular formula is C23H34N6O4S. The van der Waals surface area contributed by atoms with Gasteiger partial charge in [0.2, 0.25) is 10.0 Å². The molecule has 0 saturated carbocycles. The molecule has 0 spiro atoms. The van der Waals surface area contributed by atoms with Crippen LogP contribution < -0.4 is 10.1 Å². The van der Waals surface area contributed by atoms with Gasteiger partial charge in [0.25, 0.3) is 5.91 Å². The molecule has 4 rings (SSSR count). The summed E-state index contributed by atoms with van der Waals surface area (Å²) >= 11 is 0. The Morgan fingerprint density at radius 3 is 2.53 bits per heavy atom. The van der Waals surface area contributed by atoms with Gasteiger partial charge in [0.15, 0.2) is 11.9 Å². The molecule has 2 unspecified atom stereocenters. The van der Waals surface area contributed by atoms with Gasteiger partial charge in [0, 0.05) is 32.6 Å². The van der Waals surface area contributed by atoms with Gasteiger partial charge in [0.05, 0.1) is 23.1 Å². The number of hydrogen-bond acceptors (Lipinski definition) is 8. The lowest BCUT2D eigenvalue weighted by atomic mass is 10.1. The second kappa shape index (κ2) is 10.0. The number of amidine groups is 2. The molecule has 3 aliphatic rings. The maximum absolute atomic E-state index is 13.4. The molecule has 34 heavy (non-hydrogen) atoms. The number of fused-ring (bicyclic) bond motifs is 1. The van der Waals surface area contributed by atoms with Gasteiger partial charge in [-0.05, 0) is 45.0 Å². The van der Waals surface area contributed by atoms with Crippen LogP contribution in [0.5, 0.6) is 5.75 Å². The van der Waals surface area contributed by atoms with Crippen LogP contribution in [0.25, 0.3) is 0 Å². The van der Waals surface area contributed by atoms with Crippen LogP contribution >= 0.6 is 0 Å². The van der Waals surface area contributed by atoms with Gasteiger partial charge in [-0.15, -0.1) is 0 Å². The van der Waals surface area contributed by atoms with Gasteiger partial charge >= 0.3 is 0 Å². The average molecular weight is 491 g/mol. The minimum absolute atomic E-state index is 0.159. The molecule has 3 aliphatic heterocycles. The largest absolute Gasteiger partial charge is 0.493 e. The zero-order valence-corrected chi connectivity index (χ0v) is 21.1. The smallest absolute Gasteiger partial charge is 0.252 e. The van der Waals surface area contributed by atoms with E-state index in [1.807, 2.05) is 13.8 Å². The van der Waals surface area contributed by atoms with Crippen molar-refractivity contribution in [1.82, 2.24) is 19.5 Å². The van der Waals surface area contributed by atoms with Crippen molar-refractivity contribution in [3.63, 3.8) is 0 Å². The quantitative estimate of drug-likeness (QED) is 0.592. The van der Waals surface area contributed by atoms with Crippen molar-refractivity contribution in [2.24, 2.45) is 10.1 Å². The Balaban J connectivity index is 1.71. The highest BCUT2D eigenvalue weighted by atomic mass is 32.2.